The summed E-state index contributed by atoms with van der Waals surface area (Å²) >= 11 is 3.12. The van der Waals surface area contributed by atoms with E-state index in [0.29, 0.717) is 11.5 Å². The van der Waals surface area contributed by atoms with Crippen molar-refractivity contribution < 1.29 is 4.79 Å². The number of amides is 1. The van der Waals surface area contributed by atoms with Crippen molar-refractivity contribution in [3.63, 3.8) is 0 Å². The van der Waals surface area contributed by atoms with Gasteiger partial charge in [0, 0.05) is 16.4 Å². The van der Waals surface area contributed by atoms with Gasteiger partial charge in [0.05, 0.1) is 23.4 Å². The van der Waals surface area contributed by atoms with Crippen LogP contribution in [0.15, 0.2) is 41.8 Å². The summed E-state index contributed by atoms with van der Waals surface area (Å²) in [6, 6.07) is 9.88. The third kappa shape index (κ3) is 6.18. The molecule has 0 saturated carbocycles. The molecular weight excluding hydrogens is 288 g/mol. The van der Waals surface area contributed by atoms with Crippen molar-refractivity contribution in [2.24, 2.45) is 5.92 Å². The molecule has 0 spiro atoms. The molecule has 0 radical (unpaired) electrons. The van der Waals surface area contributed by atoms with Crippen LogP contribution in [0.1, 0.15) is 6.92 Å². The quantitative estimate of drug-likeness (QED) is 0.451. The molecule has 0 heterocycles. The average molecular weight is 306 g/mol. The van der Waals surface area contributed by atoms with Gasteiger partial charge in [-0.25, -0.2) is 0 Å². The summed E-state index contributed by atoms with van der Waals surface area (Å²) in [5.41, 5.74) is 0.812. The Bertz CT molecular complexity index is 497. The molecule has 1 rings (SSSR count). The van der Waals surface area contributed by atoms with Crippen molar-refractivity contribution in [1.29, 1.82) is 5.26 Å². The van der Waals surface area contributed by atoms with E-state index in [-0.39, 0.29) is 11.8 Å². The zero-order valence-electron chi connectivity index (χ0n) is 11.5. The van der Waals surface area contributed by atoms with E-state index in [1.807, 2.05) is 31.2 Å². The van der Waals surface area contributed by atoms with Gasteiger partial charge in [-0.15, -0.1) is 30.1 Å². The Balaban J connectivity index is 2.58. The Hall–Kier alpha value is -1.38. The Morgan fingerprint density at radius 2 is 2.30 bits per heavy atom. The van der Waals surface area contributed by atoms with E-state index < -0.39 is 0 Å². The first-order chi connectivity index (χ1) is 9.67. The van der Waals surface area contributed by atoms with Crippen molar-refractivity contribution in [2.75, 3.05) is 22.6 Å². The number of hydrogen-bond acceptors (Lipinski definition) is 4. The predicted molar refractivity (Wildman–Crippen MR) is 88.1 cm³/mol. The number of carbonyl (C=O) groups excluding carboxylic acids is 1. The summed E-state index contributed by atoms with van der Waals surface area (Å²) in [6.07, 6.45) is 1.78. The lowest BCUT2D eigenvalue weighted by Crippen LogP contribution is -2.14. The maximum Gasteiger partial charge on any atom is 0.234 e. The minimum absolute atomic E-state index is 0.00750. The molecule has 1 amide bonds. The molecule has 1 atom stereocenters. The summed E-state index contributed by atoms with van der Waals surface area (Å²) in [5.74, 6) is 1.88. The van der Waals surface area contributed by atoms with Gasteiger partial charge in [-0.1, -0.05) is 18.2 Å². The molecule has 0 aromatic heterocycles. The number of thioether (sulfide) groups is 2. The SMILES string of the molecule is C=CCSCC(=O)Nc1ccccc1SC[C@H](C)C#N. The van der Waals surface area contributed by atoms with Gasteiger partial charge in [-0.2, -0.15) is 5.26 Å². The lowest BCUT2D eigenvalue weighted by molar-refractivity contribution is -0.113. The minimum atomic E-state index is -0.0155. The van der Waals surface area contributed by atoms with E-state index >= 15 is 0 Å². The predicted octanol–water partition coefficient (Wildman–Crippen LogP) is 3.80. The highest BCUT2D eigenvalue weighted by atomic mass is 32.2. The highest BCUT2D eigenvalue weighted by Gasteiger charge is 2.08. The summed E-state index contributed by atoms with van der Waals surface area (Å²) in [6.45, 7) is 5.51. The molecular formula is C15H18N2OS2. The zero-order valence-corrected chi connectivity index (χ0v) is 13.1. The molecule has 0 aliphatic carbocycles. The minimum Gasteiger partial charge on any atom is -0.324 e. The Morgan fingerprint density at radius 3 is 3.00 bits per heavy atom. The molecule has 5 heteroatoms. The molecule has 0 saturated heterocycles. The van der Waals surface area contributed by atoms with E-state index in [0.717, 1.165) is 16.3 Å². The van der Waals surface area contributed by atoms with E-state index in [4.69, 9.17) is 5.26 Å². The normalized spacial score (nSPS) is 11.4. The van der Waals surface area contributed by atoms with Crippen LogP contribution in [0.5, 0.6) is 0 Å². The fourth-order valence-corrected chi connectivity index (χ4v) is 2.86. The highest BCUT2D eigenvalue weighted by Crippen LogP contribution is 2.28. The first kappa shape index (κ1) is 16.7. The number of rotatable bonds is 8. The smallest absolute Gasteiger partial charge is 0.234 e. The fraction of sp³-hybridized carbons (Fsp3) is 0.333. The van der Waals surface area contributed by atoms with Crippen LogP contribution in [-0.4, -0.2) is 23.2 Å². The van der Waals surface area contributed by atoms with Gasteiger partial charge in [0.2, 0.25) is 5.91 Å². The van der Waals surface area contributed by atoms with Crippen LogP contribution >= 0.6 is 23.5 Å². The Morgan fingerprint density at radius 1 is 1.55 bits per heavy atom. The number of anilines is 1. The van der Waals surface area contributed by atoms with Gasteiger partial charge in [0.15, 0.2) is 0 Å². The maximum atomic E-state index is 11.8. The van der Waals surface area contributed by atoms with Crippen molar-refractivity contribution >= 4 is 35.1 Å². The number of benzene rings is 1. The first-order valence-electron chi connectivity index (χ1n) is 6.27. The number of carbonyl (C=O) groups is 1. The van der Waals surface area contributed by atoms with Crippen molar-refractivity contribution in [3.8, 4) is 6.07 Å². The van der Waals surface area contributed by atoms with E-state index in [1.54, 1.807) is 17.8 Å². The van der Waals surface area contributed by atoms with E-state index in [1.165, 1.54) is 11.8 Å². The molecule has 3 nitrogen and oxygen atoms in total. The molecule has 0 fully saturated rings. The van der Waals surface area contributed by atoms with E-state index in [9.17, 15) is 4.79 Å². The molecule has 20 heavy (non-hydrogen) atoms. The largest absolute Gasteiger partial charge is 0.324 e. The summed E-state index contributed by atoms with van der Waals surface area (Å²) in [5, 5.41) is 11.7. The summed E-state index contributed by atoms with van der Waals surface area (Å²) in [7, 11) is 0. The third-order valence-corrected chi connectivity index (χ3v) is 4.61. The zero-order chi connectivity index (χ0) is 14.8. The molecule has 1 aromatic carbocycles. The number of hydrogen-bond donors (Lipinski definition) is 1. The second-order valence-electron chi connectivity index (χ2n) is 4.19. The van der Waals surface area contributed by atoms with Gasteiger partial charge in [0.25, 0.3) is 0 Å². The van der Waals surface area contributed by atoms with Crippen molar-refractivity contribution in [2.45, 2.75) is 11.8 Å². The van der Waals surface area contributed by atoms with Crippen LogP contribution in [0.2, 0.25) is 0 Å². The molecule has 0 unspecified atom stereocenters. The van der Waals surface area contributed by atoms with Crippen LogP contribution in [0.4, 0.5) is 5.69 Å². The van der Waals surface area contributed by atoms with Crippen LogP contribution in [0.25, 0.3) is 0 Å². The van der Waals surface area contributed by atoms with Crippen LogP contribution in [-0.2, 0) is 4.79 Å². The topological polar surface area (TPSA) is 52.9 Å². The summed E-state index contributed by atoms with van der Waals surface area (Å²) < 4.78 is 0. The number of nitrogens with zero attached hydrogens (tertiary/aromatic N) is 1. The van der Waals surface area contributed by atoms with Crippen LogP contribution in [0.3, 0.4) is 0 Å². The molecule has 106 valence electrons. The van der Waals surface area contributed by atoms with Gasteiger partial charge in [-0.05, 0) is 19.1 Å². The van der Waals surface area contributed by atoms with Gasteiger partial charge < -0.3 is 5.32 Å². The lowest BCUT2D eigenvalue weighted by Gasteiger charge is -2.11. The van der Waals surface area contributed by atoms with Crippen molar-refractivity contribution in [1.82, 2.24) is 0 Å². The summed E-state index contributed by atoms with van der Waals surface area (Å²) in [4.78, 5) is 12.8. The Labute approximate surface area is 128 Å². The molecule has 0 aliphatic rings. The second kappa shape index (κ2) is 9.51. The first-order valence-corrected chi connectivity index (χ1v) is 8.41. The maximum absolute atomic E-state index is 11.8. The van der Waals surface area contributed by atoms with Crippen LogP contribution < -0.4 is 5.32 Å². The Kier molecular flexibility index (Phi) is 7.93. The number of nitriles is 1. The number of para-hydroxylation sites is 1. The monoisotopic (exact) mass is 306 g/mol. The van der Waals surface area contributed by atoms with Crippen molar-refractivity contribution in [3.05, 3.63) is 36.9 Å². The molecule has 0 bridgehead atoms. The van der Waals surface area contributed by atoms with Gasteiger partial charge in [0.1, 0.15) is 0 Å². The molecule has 1 N–H and O–H groups in total. The third-order valence-electron chi connectivity index (χ3n) is 2.34. The van der Waals surface area contributed by atoms with Gasteiger partial charge in [-0.3, -0.25) is 4.79 Å². The standard InChI is InChI=1S/C15H18N2OS2/c1-3-8-19-11-15(18)17-13-6-4-5-7-14(13)20-10-12(2)9-16/h3-7,12H,1,8,10-11H2,2H3,(H,17,18)/t12-/m1/s1. The highest BCUT2D eigenvalue weighted by molar-refractivity contribution is 8.00. The van der Waals surface area contributed by atoms with Crippen LogP contribution in [0, 0.1) is 17.2 Å². The number of nitrogens with one attached hydrogen (secondary N) is 1. The van der Waals surface area contributed by atoms with Gasteiger partial charge >= 0.3 is 0 Å². The second-order valence-corrected chi connectivity index (χ2v) is 6.28. The lowest BCUT2D eigenvalue weighted by atomic mass is 10.3. The molecule has 1 aromatic rings. The average Bonchev–Trinajstić information content (AvgIpc) is 2.46. The fourth-order valence-electron chi connectivity index (χ4n) is 1.37. The molecule has 0 aliphatic heterocycles. The van der Waals surface area contributed by atoms with E-state index in [2.05, 4.69) is 18.0 Å².